The summed E-state index contributed by atoms with van der Waals surface area (Å²) in [6.45, 7) is 5.61. The van der Waals surface area contributed by atoms with Gasteiger partial charge in [0.05, 0.1) is 0 Å². The van der Waals surface area contributed by atoms with Crippen LogP contribution in [0.15, 0.2) is 12.3 Å². The maximum Gasteiger partial charge on any atom is 0.525 e. The van der Waals surface area contributed by atoms with Gasteiger partial charge < -0.3 is 59.4 Å². The molecule has 3 atom stereocenters. The fourth-order valence-electron chi connectivity index (χ4n) is 2.82. The minimum Gasteiger partial charge on any atom is -0.475 e. The Morgan fingerprint density at radius 3 is 1.05 bits per heavy atom. The molecular weight excluding hydrogens is 547 g/mol. The van der Waals surface area contributed by atoms with Crippen molar-refractivity contribution in [1.29, 1.82) is 0 Å². The lowest BCUT2D eigenvalue weighted by molar-refractivity contribution is -0.135. The van der Waals surface area contributed by atoms with Crippen LogP contribution in [0.25, 0.3) is 0 Å². The molecule has 0 aromatic carbocycles. The van der Waals surface area contributed by atoms with Gasteiger partial charge in [0.1, 0.15) is 0 Å². The number of hydrogen-bond donors (Lipinski definition) is 12. The van der Waals surface area contributed by atoms with Crippen molar-refractivity contribution >= 4 is 13.8 Å². The Morgan fingerprint density at radius 1 is 0.650 bits per heavy atom. The zero-order valence-electron chi connectivity index (χ0n) is 24.0. The van der Waals surface area contributed by atoms with Crippen molar-refractivity contribution < 1.29 is 44.1 Å². The summed E-state index contributed by atoms with van der Waals surface area (Å²) in [6, 6.07) is 0.696. The number of aliphatic carboxylic acids is 1. The van der Waals surface area contributed by atoms with Crippen molar-refractivity contribution in [3.05, 3.63) is 12.3 Å². The molecule has 16 heteroatoms. The topological polar surface area (TPSA) is 321 Å². The first kappa shape index (κ1) is 45.8. The van der Waals surface area contributed by atoms with E-state index in [1.54, 1.807) is 0 Å². The van der Waals surface area contributed by atoms with Gasteiger partial charge in [0.15, 0.2) is 0 Å². The fraction of sp³-hybridized carbons (Fsp3) is 0.875. The van der Waals surface area contributed by atoms with Gasteiger partial charge in [0, 0.05) is 37.9 Å². The molecule has 0 rings (SSSR count). The number of rotatable bonds is 21. The average Bonchev–Trinajstić information content (AvgIpc) is 2.90. The summed E-state index contributed by atoms with van der Waals surface area (Å²) in [5, 5.41) is 33.4. The molecule has 40 heavy (non-hydrogen) atoms. The zero-order valence-corrected chi connectivity index (χ0v) is 24.9. The Morgan fingerprint density at radius 2 is 0.900 bits per heavy atom. The normalized spacial score (nSPS) is 12.8. The van der Waals surface area contributed by atoms with E-state index < -0.39 is 19.6 Å². The predicted molar refractivity (Wildman–Crippen MR) is 158 cm³/mol. The number of carboxylic acids is 1. The predicted octanol–water partition coefficient (Wildman–Crippen LogP) is -0.831. The van der Waals surface area contributed by atoms with E-state index in [2.05, 4.69) is 11.1 Å². The number of nitrogens with two attached hydrogens (primary N) is 6. The molecule has 0 radical (unpaired) electrons. The van der Waals surface area contributed by atoms with Crippen LogP contribution in [0.1, 0.15) is 77.0 Å². The molecule has 0 aromatic heterocycles. The lowest BCUT2D eigenvalue weighted by Gasteiger charge is -2.08. The Kier molecular flexibility index (Phi) is 38.9. The summed E-state index contributed by atoms with van der Waals surface area (Å²) in [7, 11) is -4.76. The number of aliphatic hydroxyl groups excluding tert-OH is 3. The molecule has 0 spiro atoms. The van der Waals surface area contributed by atoms with Gasteiger partial charge in [-0.3, -0.25) is 9.79 Å². The average molecular weight is 607 g/mol. The lowest BCUT2D eigenvalue weighted by atomic mass is 10.1. The second-order valence-electron chi connectivity index (χ2n) is 8.98. The van der Waals surface area contributed by atoms with Crippen molar-refractivity contribution in [3.63, 3.8) is 0 Å². The van der Waals surface area contributed by atoms with Crippen LogP contribution in [0.5, 0.6) is 0 Å². The molecule has 0 saturated heterocycles. The van der Waals surface area contributed by atoms with Crippen molar-refractivity contribution in [2.75, 3.05) is 39.5 Å². The second kappa shape index (κ2) is 34.0. The van der Waals surface area contributed by atoms with Gasteiger partial charge in [-0.05, 0) is 103 Å². The van der Waals surface area contributed by atoms with Crippen LogP contribution in [0.2, 0.25) is 0 Å². The molecule has 0 aliphatic rings. The molecule has 0 heterocycles. The molecule has 3 unspecified atom stereocenters. The monoisotopic (exact) mass is 606 g/mol. The highest BCUT2D eigenvalue weighted by atomic mass is 31.2. The minimum absolute atomic E-state index is 0.232. The highest BCUT2D eigenvalue weighted by Crippen LogP contribution is 2.38. The smallest absolute Gasteiger partial charge is 0.475 e. The summed E-state index contributed by atoms with van der Waals surface area (Å²) in [4.78, 5) is 25.8. The minimum atomic E-state index is -4.76. The number of phosphoric acid groups is 1. The van der Waals surface area contributed by atoms with E-state index in [0.717, 1.165) is 77.0 Å². The zero-order chi connectivity index (χ0) is 31.8. The van der Waals surface area contributed by atoms with E-state index >= 15 is 0 Å². The third-order valence-electron chi connectivity index (χ3n) is 5.00. The summed E-state index contributed by atoms with van der Waals surface area (Å²) in [5.74, 6) is -2.59. The largest absolute Gasteiger partial charge is 0.525 e. The number of phosphoric ester groups is 1. The van der Waals surface area contributed by atoms with E-state index in [-0.39, 0.29) is 37.9 Å². The van der Waals surface area contributed by atoms with Gasteiger partial charge in [0.25, 0.3) is 0 Å². The van der Waals surface area contributed by atoms with Gasteiger partial charge in [-0.1, -0.05) is 0 Å². The maximum absolute atomic E-state index is 9.89. The highest BCUT2D eigenvalue weighted by molar-refractivity contribution is 7.46. The van der Waals surface area contributed by atoms with Crippen LogP contribution in [0.3, 0.4) is 0 Å². The van der Waals surface area contributed by atoms with Gasteiger partial charge in [-0.15, -0.1) is 0 Å². The summed E-state index contributed by atoms with van der Waals surface area (Å²) in [5.41, 5.74) is 32.9. The Balaban J connectivity index is -0.000000216. The quantitative estimate of drug-likeness (QED) is 0.0431. The van der Waals surface area contributed by atoms with Crippen LogP contribution >= 0.6 is 7.82 Å². The Bertz CT molecular complexity index is 536. The van der Waals surface area contributed by atoms with E-state index in [4.69, 9.17) is 64.6 Å². The molecule has 0 aliphatic heterocycles. The van der Waals surface area contributed by atoms with Gasteiger partial charge in [0.2, 0.25) is 5.76 Å². The first-order chi connectivity index (χ1) is 18.8. The van der Waals surface area contributed by atoms with Crippen LogP contribution in [-0.2, 0) is 13.9 Å². The van der Waals surface area contributed by atoms with Crippen molar-refractivity contribution in [2.24, 2.45) is 34.4 Å². The summed E-state index contributed by atoms with van der Waals surface area (Å²) in [6.07, 6.45) is 11.1. The van der Waals surface area contributed by atoms with E-state index in [9.17, 15) is 9.36 Å². The van der Waals surface area contributed by atoms with Crippen LogP contribution in [-0.4, -0.2) is 93.8 Å². The molecule has 15 nitrogen and oxygen atoms in total. The number of carboxylic acid groups (broad SMARTS) is 1. The molecule has 0 aromatic rings. The molecule has 18 N–H and O–H groups in total. The van der Waals surface area contributed by atoms with Gasteiger partial charge in [-0.2, -0.15) is 0 Å². The second-order valence-corrected chi connectivity index (χ2v) is 10.1. The van der Waals surface area contributed by atoms with Crippen LogP contribution in [0.4, 0.5) is 0 Å². The molecule has 244 valence electrons. The standard InChI is InChI=1S/3C7H18N2O.C3H5O6P/c3*8-5-1-3-7(9)4-2-6-10;1-2(3(4)5)9-10(6,7)8/h3*7,10H,1-6,8-9H2;1H2,(H,4,5)(H2,6,7,8). The number of aliphatic hydroxyl groups is 3. The van der Waals surface area contributed by atoms with Crippen LogP contribution in [0, 0.1) is 0 Å². The van der Waals surface area contributed by atoms with E-state index in [1.807, 2.05) is 0 Å². The Hall–Kier alpha value is -1.20. The van der Waals surface area contributed by atoms with Crippen molar-refractivity contribution in [1.82, 2.24) is 0 Å². The first-order valence-corrected chi connectivity index (χ1v) is 15.2. The summed E-state index contributed by atoms with van der Waals surface area (Å²) < 4.78 is 13.5. The third-order valence-corrected chi connectivity index (χ3v) is 5.46. The highest BCUT2D eigenvalue weighted by Gasteiger charge is 2.20. The van der Waals surface area contributed by atoms with Gasteiger partial charge in [-0.25, -0.2) is 9.36 Å². The number of carbonyl (C=O) groups is 1. The third kappa shape index (κ3) is 46.6. The first-order valence-electron chi connectivity index (χ1n) is 13.6. The van der Waals surface area contributed by atoms with E-state index in [0.29, 0.717) is 19.6 Å². The lowest BCUT2D eigenvalue weighted by Crippen LogP contribution is -2.21. The maximum atomic E-state index is 9.89. The number of hydrogen-bond acceptors (Lipinski definition) is 12. The molecule has 0 fully saturated rings. The molecule has 0 aliphatic carbocycles. The van der Waals surface area contributed by atoms with Crippen molar-refractivity contribution in [2.45, 2.75) is 95.2 Å². The summed E-state index contributed by atoms with van der Waals surface area (Å²) >= 11 is 0. The SMILES string of the molecule is C=C(OP(=O)(O)O)C(=O)O.NCCCC(N)CCCO.NCCCC(N)CCCO.NCCCC(N)CCCO. The Labute approximate surface area is 239 Å². The molecular formula is C24H59N6O9P. The molecule has 0 amide bonds. The fourth-order valence-corrected chi connectivity index (χ4v) is 3.18. The van der Waals surface area contributed by atoms with E-state index in [1.165, 1.54) is 0 Å². The van der Waals surface area contributed by atoms with Gasteiger partial charge >= 0.3 is 13.8 Å². The molecule has 0 bridgehead atoms. The van der Waals surface area contributed by atoms with Crippen LogP contribution < -0.4 is 34.4 Å². The van der Waals surface area contributed by atoms with Crippen molar-refractivity contribution in [3.8, 4) is 0 Å². The molecule has 0 saturated carbocycles.